The van der Waals surface area contributed by atoms with Crippen molar-refractivity contribution in [3.63, 3.8) is 0 Å². The zero-order valence-electron chi connectivity index (χ0n) is 21.6. The fourth-order valence-electron chi connectivity index (χ4n) is 5.54. The number of rotatable bonds is 6. The highest BCUT2D eigenvalue weighted by Crippen LogP contribution is 2.58. The first-order valence-corrected chi connectivity index (χ1v) is 12.7. The molecule has 11 heteroatoms. The molecule has 0 aliphatic carbocycles. The molecule has 40 heavy (non-hydrogen) atoms. The molecule has 11 nitrogen and oxygen atoms in total. The lowest BCUT2D eigenvalue weighted by molar-refractivity contribution is -0.271. The summed E-state index contributed by atoms with van der Waals surface area (Å²) in [5.41, 5.74) is 3.26. The van der Waals surface area contributed by atoms with Crippen LogP contribution in [0.5, 0.6) is 28.7 Å². The average molecular weight is 553 g/mol. The van der Waals surface area contributed by atoms with Crippen LogP contribution in [0.3, 0.4) is 0 Å². The molecular formula is C29H28O11. The Labute approximate surface area is 229 Å². The van der Waals surface area contributed by atoms with Crippen molar-refractivity contribution in [3.05, 3.63) is 65.7 Å². The van der Waals surface area contributed by atoms with Crippen molar-refractivity contribution in [1.29, 1.82) is 0 Å². The van der Waals surface area contributed by atoms with Gasteiger partial charge in [0, 0.05) is 17.2 Å². The summed E-state index contributed by atoms with van der Waals surface area (Å²) in [7, 11) is 3.12. The molecule has 1 saturated heterocycles. The summed E-state index contributed by atoms with van der Waals surface area (Å²) < 4.78 is 35.0. The average Bonchev–Trinajstić information content (AvgIpc) is 3.35. The summed E-state index contributed by atoms with van der Waals surface area (Å²) in [6.45, 7) is 0.298. The Bertz CT molecular complexity index is 1430. The van der Waals surface area contributed by atoms with Crippen LogP contribution in [0.25, 0.3) is 11.1 Å². The lowest BCUT2D eigenvalue weighted by Crippen LogP contribution is -2.61. The monoisotopic (exact) mass is 552 g/mol. The van der Waals surface area contributed by atoms with E-state index in [1.54, 1.807) is 26.4 Å². The molecule has 3 aromatic rings. The molecule has 0 bridgehead atoms. The summed E-state index contributed by atoms with van der Waals surface area (Å²) in [5, 5.41) is 40.1. The first-order valence-electron chi connectivity index (χ1n) is 12.7. The molecule has 7 atom stereocenters. The Hall–Kier alpha value is -4.03. The first kappa shape index (κ1) is 26.2. The molecule has 4 N–H and O–H groups in total. The fraction of sp³-hybridized carbons (Fsp3) is 0.345. The molecular weight excluding hydrogens is 524 g/mol. The van der Waals surface area contributed by atoms with Crippen LogP contribution in [0.15, 0.2) is 54.6 Å². The lowest BCUT2D eigenvalue weighted by Gasteiger charge is -2.38. The Morgan fingerprint density at radius 2 is 1.73 bits per heavy atom. The largest absolute Gasteiger partial charge is 0.493 e. The van der Waals surface area contributed by atoms with Gasteiger partial charge in [-0.25, -0.2) is 4.79 Å². The zero-order chi connectivity index (χ0) is 28.1. The van der Waals surface area contributed by atoms with Gasteiger partial charge in [-0.05, 0) is 23.3 Å². The molecule has 3 aliphatic rings. The molecule has 3 aromatic carbocycles. The van der Waals surface area contributed by atoms with Crippen molar-refractivity contribution < 1.29 is 53.6 Å². The van der Waals surface area contributed by atoms with Crippen LogP contribution in [0.4, 0.5) is 0 Å². The summed E-state index contributed by atoms with van der Waals surface area (Å²) in [6.07, 6.45) is -9.10. The Morgan fingerprint density at radius 1 is 0.950 bits per heavy atom. The predicted molar refractivity (Wildman–Crippen MR) is 138 cm³/mol. The number of aliphatic hydroxyl groups is 3. The van der Waals surface area contributed by atoms with E-state index in [0.717, 1.165) is 22.3 Å². The number of carbonyl (C=O) groups is 1. The number of aliphatic carboxylic acids is 1. The third-order valence-corrected chi connectivity index (χ3v) is 7.51. The number of benzene rings is 3. The van der Waals surface area contributed by atoms with E-state index in [1.165, 1.54) is 0 Å². The number of carboxylic acid groups (broad SMARTS) is 1. The smallest absolute Gasteiger partial charge is 0.335 e. The van der Waals surface area contributed by atoms with Crippen molar-refractivity contribution in [2.75, 3.05) is 20.8 Å². The van der Waals surface area contributed by atoms with E-state index in [-0.39, 0.29) is 11.7 Å². The van der Waals surface area contributed by atoms with E-state index in [4.69, 9.17) is 28.4 Å². The van der Waals surface area contributed by atoms with Gasteiger partial charge in [0.1, 0.15) is 35.9 Å². The van der Waals surface area contributed by atoms with E-state index >= 15 is 0 Å². The molecule has 0 spiro atoms. The third kappa shape index (κ3) is 4.18. The minimum absolute atomic E-state index is 0.131. The van der Waals surface area contributed by atoms with Crippen molar-refractivity contribution in [2.24, 2.45) is 0 Å². The molecule has 0 aromatic heterocycles. The first-order chi connectivity index (χ1) is 19.3. The van der Waals surface area contributed by atoms with Crippen LogP contribution < -0.4 is 23.7 Å². The highest BCUT2D eigenvalue weighted by Gasteiger charge is 2.49. The van der Waals surface area contributed by atoms with Crippen LogP contribution in [-0.2, 0) is 9.53 Å². The number of hydrogen-bond acceptors (Lipinski definition) is 10. The number of ether oxygens (including phenoxy) is 6. The van der Waals surface area contributed by atoms with E-state index in [2.05, 4.69) is 0 Å². The molecule has 3 heterocycles. The molecule has 0 unspecified atom stereocenters. The Morgan fingerprint density at radius 3 is 2.42 bits per heavy atom. The topological polar surface area (TPSA) is 153 Å². The van der Waals surface area contributed by atoms with E-state index in [9.17, 15) is 25.2 Å². The Kier molecular flexibility index (Phi) is 6.67. The molecule has 0 saturated carbocycles. The molecule has 6 rings (SSSR count). The summed E-state index contributed by atoms with van der Waals surface area (Å²) in [6, 6.07) is 16.6. The summed E-state index contributed by atoms with van der Waals surface area (Å²) >= 11 is 0. The van der Waals surface area contributed by atoms with Gasteiger partial charge in [0.15, 0.2) is 17.6 Å². The molecule has 210 valence electrons. The van der Waals surface area contributed by atoms with Crippen molar-refractivity contribution in [3.8, 4) is 39.9 Å². The molecule has 0 amide bonds. The minimum Gasteiger partial charge on any atom is -0.493 e. The van der Waals surface area contributed by atoms with E-state index in [1.807, 2.05) is 42.5 Å². The van der Waals surface area contributed by atoms with Crippen molar-refractivity contribution in [2.45, 2.75) is 42.7 Å². The highest BCUT2D eigenvalue weighted by atomic mass is 16.7. The van der Waals surface area contributed by atoms with Gasteiger partial charge in [0.05, 0.1) is 26.7 Å². The van der Waals surface area contributed by atoms with Gasteiger partial charge in [-0.3, -0.25) is 0 Å². The van der Waals surface area contributed by atoms with E-state index < -0.39 is 42.8 Å². The van der Waals surface area contributed by atoms with Crippen LogP contribution in [0.2, 0.25) is 0 Å². The van der Waals surface area contributed by atoms with Crippen molar-refractivity contribution >= 4 is 5.97 Å². The lowest BCUT2D eigenvalue weighted by atomic mass is 9.85. The van der Waals surface area contributed by atoms with Gasteiger partial charge in [0.25, 0.3) is 0 Å². The number of fused-ring (bicyclic) bond motifs is 5. The zero-order valence-corrected chi connectivity index (χ0v) is 21.6. The number of carboxylic acids is 1. The SMILES string of the molecule is COc1ccc2c(c1OC)O[C@@H]1c3c(cc(O[C@H]4O[C@H](C(=O)O)[C@@H](O)[C@H](O)[C@H]4O)cc3-c3ccccc3)OC[C@@H]21. The minimum atomic E-state index is -1.83. The number of aliphatic hydroxyl groups excluding tert-OH is 3. The van der Waals surface area contributed by atoms with Gasteiger partial charge in [0.2, 0.25) is 12.0 Å². The summed E-state index contributed by atoms with van der Waals surface area (Å²) in [5.74, 6) is 0.661. The van der Waals surface area contributed by atoms with Crippen LogP contribution in [0.1, 0.15) is 23.1 Å². The van der Waals surface area contributed by atoms with Gasteiger partial charge < -0.3 is 48.8 Å². The highest BCUT2D eigenvalue weighted by molar-refractivity contribution is 5.75. The Balaban J connectivity index is 1.41. The standard InChI is InChI=1S/C29H28O11/c1-35-18-9-8-15-17-12-37-19-11-14(38-29-23(32)21(30)22(31)27(40-29)28(33)34)10-16(13-6-4-3-5-7-13)20(19)24(17)39-25(15)26(18)36-2/h3-11,17,21-24,27,29-32H,12H2,1-2H3,(H,33,34)/t17-,21-,22-,23+,24-,27-,29-/m0/s1. The van der Waals surface area contributed by atoms with E-state index in [0.29, 0.717) is 29.6 Å². The maximum atomic E-state index is 11.5. The molecule has 1 fully saturated rings. The fourth-order valence-corrected chi connectivity index (χ4v) is 5.54. The maximum Gasteiger partial charge on any atom is 0.335 e. The molecule has 3 aliphatic heterocycles. The number of hydrogen-bond donors (Lipinski definition) is 4. The van der Waals surface area contributed by atoms with Gasteiger partial charge in [-0.1, -0.05) is 36.4 Å². The predicted octanol–water partition coefficient (Wildman–Crippen LogP) is 2.25. The molecule has 0 radical (unpaired) electrons. The van der Waals surface area contributed by atoms with Crippen LogP contribution in [-0.4, -0.2) is 77.9 Å². The second-order valence-corrected chi connectivity index (χ2v) is 9.78. The number of methoxy groups -OCH3 is 2. The van der Waals surface area contributed by atoms with Crippen molar-refractivity contribution in [1.82, 2.24) is 0 Å². The van der Waals surface area contributed by atoms with Gasteiger partial charge in [-0.2, -0.15) is 0 Å². The normalized spacial score (nSPS) is 28.3. The second kappa shape index (κ2) is 10.2. The quantitative estimate of drug-likeness (QED) is 0.356. The second-order valence-electron chi connectivity index (χ2n) is 9.78. The van der Waals surface area contributed by atoms with Crippen LogP contribution in [0, 0.1) is 0 Å². The summed E-state index contributed by atoms with van der Waals surface area (Å²) in [4.78, 5) is 11.5. The third-order valence-electron chi connectivity index (χ3n) is 7.51. The van der Waals surface area contributed by atoms with Gasteiger partial charge in [-0.15, -0.1) is 0 Å². The maximum absolute atomic E-state index is 11.5. The van der Waals surface area contributed by atoms with Gasteiger partial charge >= 0.3 is 5.97 Å². The van der Waals surface area contributed by atoms with Crippen LogP contribution >= 0.6 is 0 Å².